The first-order valence-electron chi connectivity index (χ1n) is 7.27. The summed E-state index contributed by atoms with van der Waals surface area (Å²) in [5.74, 6) is 1.29. The zero-order valence-corrected chi connectivity index (χ0v) is 13.0. The van der Waals surface area contributed by atoms with Crippen LogP contribution in [0.2, 0.25) is 0 Å². The lowest BCUT2D eigenvalue weighted by molar-refractivity contribution is -0.121. The summed E-state index contributed by atoms with van der Waals surface area (Å²) in [6.45, 7) is 2.89. The number of benzene rings is 2. The highest BCUT2D eigenvalue weighted by Gasteiger charge is 2.05. The van der Waals surface area contributed by atoms with Gasteiger partial charge in [-0.1, -0.05) is 42.0 Å². The fraction of sp³-hybridized carbons (Fsp3) is 0.278. The Morgan fingerprint density at radius 2 is 1.86 bits per heavy atom. The minimum absolute atomic E-state index is 0.0311. The van der Waals surface area contributed by atoms with Gasteiger partial charge < -0.3 is 14.8 Å². The van der Waals surface area contributed by atoms with E-state index >= 15 is 0 Å². The van der Waals surface area contributed by atoms with E-state index < -0.39 is 0 Å². The third-order valence-corrected chi connectivity index (χ3v) is 3.23. The van der Waals surface area contributed by atoms with Crippen LogP contribution in [0.3, 0.4) is 0 Å². The Morgan fingerprint density at radius 1 is 1.09 bits per heavy atom. The molecular weight excluding hydrogens is 278 g/mol. The highest BCUT2D eigenvalue weighted by molar-refractivity contribution is 5.76. The molecule has 4 nitrogen and oxygen atoms in total. The van der Waals surface area contributed by atoms with E-state index in [9.17, 15) is 4.79 Å². The minimum Gasteiger partial charge on any atom is -0.493 e. The molecule has 0 unspecified atom stereocenters. The van der Waals surface area contributed by atoms with Crippen molar-refractivity contribution in [2.45, 2.75) is 19.9 Å². The van der Waals surface area contributed by atoms with Gasteiger partial charge >= 0.3 is 0 Å². The molecule has 2 rings (SSSR count). The van der Waals surface area contributed by atoms with Crippen molar-refractivity contribution >= 4 is 5.91 Å². The number of nitrogens with one attached hydrogen (secondary N) is 1. The van der Waals surface area contributed by atoms with Gasteiger partial charge in [0.2, 0.25) is 5.91 Å². The van der Waals surface area contributed by atoms with Crippen LogP contribution in [0.5, 0.6) is 11.5 Å². The van der Waals surface area contributed by atoms with Gasteiger partial charge in [0.15, 0.2) is 11.5 Å². The molecule has 4 heteroatoms. The Bertz CT molecular complexity index is 625. The number of carbonyl (C=O) groups is 1. The minimum atomic E-state index is -0.0311. The van der Waals surface area contributed by atoms with Crippen molar-refractivity contribution in [3.8, 4) is 11.5 Å². The number of methoxy groups -OCH3 is 1. The Kier molecular flexibility index (Phi) is 5.83. The van der Waals surface area contributed by atoms with Crippen molar-refractivity contribution in [3.05, 3.63) is 59.7 Å². The molecule has 22 heavy (non-hydrogen) atoms. The molecule has 0 aliphatic heterocycles. The van der Waals surface area contributed by atoms with Crippen molar-refractivity contribution in [1.82, 2.24) is 5.32 Å². The van der Waals surface area contributed by atoms with E-state index in [4.69, 9.17) is 9.47 Å². The van der Waals surface area contributed by atoms with E-state index in [1.54, 1.807) is 7.11 Å². The Morgan fingerprint density at radius 3 is 2.59 bits per heavy atom. The van der Waals surface area contributed by atoms with Crippen molar-refractivity contribution in [1.29, 1.82) is 0 Å². The maximum Gasteiger partial charge on any atom is 0.223 e. The van der Waals surface area contributed by atoms with Crippen molar-refractivity contribution in [2.24, 2.45) is 0 Å². The summed E-state index contributed by atoms with van der Waals surface area (Å²) < 4.78 is 10.8. The average Bonchev–Trinajstić information content (AvgIpc) is 2.53. The van der Waals surface area contributed by atoms with E-state index in [1.165, 1.54) is 5.56 Å². The molecule has 0 bridgehead atoms. The first-order chi connectivity index (χ1) is 10.7. The first-order valence-corrected chi connectivity index (χ1v) is 7.27. The second kappa shape index (κ2) is 8.08. The Labute approximate surface area is 131 Å². The monoisotopic (exact) mass is 299 g/mol. The number of para-hydroxylation sites is 2. The van der Waals surface area contributed by atoms with E-state index in [0.29, 0.717) is 31.1 Å². The number of hydrogen-bond donors (Lipinski definition) is 1. The Balaban J connectivity index is 1.74. The fourth-order valence-electron chi connectivity index (χ4n) is 2.10. The van der Waals surface area contributed by atoms with Crippen LogP contribution in [-0.4, -0.2) is 19.6 Å². The molecule has 0 spiro atoms. The molecule has 1 amide bonds. The summed E-state index contributed by atoms with van der Waals surface area (Å²) in [5.41, 5.74) is 2.28. The molecule has 0 heterocycles. The quantitative estimate of drug-likeness (QED) is 0.854. The molecule has 0 aliphatic carbocycles. The molecule has 1 N–H and O–H groups in total. The van der Waals surface area contributed by atoms with Gasteiger partial charge in [-0.3, -0.25) is 4.79 Å². The van der Waals surface area contributed by atoms with E-state index in [0.717, 1.165) is 5.56 Å². The zero-order chi connectivity index (χ0) is 15.8. The van der Waals surface area contributed by atoms with Gasteiger partial charge in [0.05, 0.1) is 20.1 Å². The van der Waals surface area contributed by atoms with Crippen LogP contribution < -0.4 is 14.8 Å². The van der Waals surface area contributed by atoms with Gasteiger partial charge in [0.1, 0.15) is 0 Å². The number of ether oxygens (including phenoxy) is 2. The third kappa shape index (κ3) is 4.81. The SMILES string of the molecule is COc1ccccc1OCCC(=O)NCc1cccc(C)c1. The third-order valence-electron chi connectivity index (χ3n) is 3.23. The lowest BCUT2D eigenvalue weighted by Gasteiger charge is -2.10. The molecule has 0 atom stereocenters. The zero-order valence-electron chi connectivity index (χ0n) is 13.0. The van der Waals surface area contributed by atoms with E-state index in [1.807, 2.05) is 49.4 Å². The molecule has 2 aromatic carbocycles. The number of amides is 1. The van der Waals surface area contributed by atoms with E-state index in [2.05, 4.69) is 11.4 Å². The molecule has 0 saturated carbocycles. The number of rotatable bonds is 7. The number of aryl methyl sites for hydroxylation is 1. The van der Waals surface area contributed by atoms with Crippen molar-refractivity contribution in [2.75, 3.05) is 13.7 Å². The Hall–Kier alpha value is -2.49. The lowest BCUT2D eigenvalue weighted by atomic mass is 10.1. The molecule has 116 valence electrons. The molecule has 0 aromatic heterocycles. The van der Waals surface area contributed by atoms with Crippen LogP contribution in [0.15, 0.2) is 48.5 Å². The van der Waals surface area contributed by atoms with Gasteiger partial charge in [-0.05, 0) is 24.6 Å². The summed E-state index contributed by atoms with van der Waals surface area (Å²) in [5, 5.41) is 2.89. The summed E-state index contributed by atoms with van der Waals surface area (Å²) in [7, 11) is 1.59. The van der Waals surface area contributed by atoms with Crippen molar-refractivity contribution < 1.29 is 14.3 Å². The van der Waals surface area contributed by atoms with Crippen LogP contribution in [0.1, 0.15) is 17.5 Å². The van der Waals surface area contributed by atoms with Crippen LogP contribution >= 0.6 is 0 Å². The van der Waals surface area contributed by atoms with Crippen LogP contribution in [0.25, 0.3) is 0 Å². The van der Waals surface area contributed by atoms with E-state index in [-0.39, 0.29) is 5.91 Å². The lowest BCUT2D eigenvalue weighted by Crippen LogP contribution is -2.24. The van der Waals surface area contributed by atoms with Gasteiger partial charge in [-0.15, -0.1) is 0 Å². The van der Waals surface area contributed by atoms with Crippen LogP contribution in [-0.2, 0) is 11.3 Å². The van der Waals surface area contributed by atoms with Gasteiger partial charge in [-0.25, -0.2) is 0 Å². The normalized spacial score (nSPS) is 10.1. The summed E-state index contributed by atoms with van der Waals surface area (Å²) in [6.07, 6.45) is 0.309. The summed E-state index contributed by atoms with van der Waals surface area (Å²) >= 11 is 0. The van der Waals surface area contributed by atoms with Gasteiger partial charge in [0.25, 0.3) is 0 Å². The number of hydrogen-bond acceptors (Lipinski definition) is 3. The molecule has 0 fully saturated rings. The molecule has 0 aliphatic rings. The highest BCUT2D eigenvalue weighted by Crippen LogP contribution is 2.25. The summed E-state index contributed by atoms with van der Waals surface area (Å²) in [4.78, 5) is 11.8. The molecular formula is C18H21NO3. The molecule has 0 radical (unpaired) electrons. The second-order valence-electron chi connectivity index (χ2n) is 5.02. The standard InChI is InChI=1S/C18H21NO3/c1-14-6-5-7-15(12-14)13-19-18(20)10-11-22-17-9-4-3-8-16(17)21-2/h3-9,12H,10-11,13H2,1-2H3,(H,19,20). The predicted octanol–water partition coefficient (Wildman–Crippen LogP) is 3.09. The first kappa shape index (κ1) is 15.9. The molecule has 2 aromatic rings. The molecule has 0 saturated heterocycles. The van der Waals surface area contributed by atoms with Gasteiger partial charge in [-0.2, -0.15) is 0 Å². The highest BCUT2D eigenvalue weighted by atomic mass is 16.5. The average molecular weight is 299 g/mol. The predicted molar refractivity (Wildman–Crippen MR) is 86.1 cm³/mol. The maximum absolute atomic E-state index is 11.8. The van der Waals surface area contributed by atoms with Crippen LogP contribution in [0.4, 0.5) is 0 Å². The second-order valence-corrected chi connectivity index (χ2v) is 5.02. The maximum atomic E-state index is 11.8. The smallest absolute Gasteiger partial charge is 0.223 e. The summed E-state index contributed by atoms with van der Waals surface area (Å²) in [6, 6.07) is 15.5. The largest absolute Gasteiger partial charge is 0.493 e. The fourth-order valence-corrected chi connectivity index (χ4v) is 2.10. The van der Waals surface area contributed by atoms with Crippen LogP contribution in [0, 0.1) is 6.92 Å². The van der Waals surface area contributed by atoms with Crippen molar-refractivity contribution in [3.63, 3.8) is 0 Å². The number of carbonyl (C=O) groups excluding carboxylic acids is 1. The van der Waals surface area contributed by atoms with Gasteiger partial charge in [0, 0.05) is 6.54 Å². The topological polar surface area (TPSA) is 47.6 Å².